The molecular formula is C14H18Cl2NO3+. The molecule has 2 rings (SSSR count). The molecule has 20 heavy (non-hydrogen) atoms. The summed E-state index contributed by atoms with van der Waals surface area (Å²) in [6.45, 7) is 6.09. The van der Waals surface area contributed by atoms with Crippen LogP contribution in [0.4, 0.5) is 0 Å². The van der Waals surface area contributed by atoms with Crippen LogP contribution in [0.15, 0.2) is 18.2 Å². The van der Waals surface area contributed by atoms with Gasteiger partial charge in [0.15, 0.2) is 0 Å². The van der Waals surface area contributed by atoms with E-state index in [2.05, 4.69) is 0 Å². The van der Waals surface area contributed by atoms with E-state index in [-0.39, 0.29) is 6.10 Å². The van der Waals surface area contributed by atoms with Crippen LogP contribution in [-0.4, -0.2) is 44.9 Å². The van der Waals surface area contributed by atoms with Gasteiger partial charge in [0, 0.05) is 5.02 Å². The minimum atomic E-state index is -0.410. The molecule has 4 nitrogen and oxygen atoms in total. The SMILES string of the molecule is CC(C[NH+]1CCOCC1)OC(=O)c1ccc(Cl)cc1Cl. The molecule has 1 atom stereocenters. The van der Waals surface area contributed by atoms with Gasteiger partial charge in [0.1, 0.15) is 25.7 Å². The van der Waals surface area contributed by atoms with Crippen molar-refractivity contribution in [3.8, 4) is 0 Å². The zero-order valence-electron chi connectivity index (χ0n) is 11.3. The average Bonchev–Trinajstić information content (AvgIpc) is 2.39. The third-order valence-corrected chi connectivity index (χ3v) is 3.78. The molecule has 1 fully saturated rings. The number of ether oxygens (including phenoxy) is 2. The van der Waals surface area contributed by atoms with Crippen molar-refractivity contribution in [2.75, 3.05) is 32.8 Å². The van der Waals surface area contributed by atoms with E-state index in [0.29, 0.717) is 15.6 Å². The van der Waals surface area contributed by atoms with Gasteiger partial charge >= 0.3 is 5.97 Å². The summed E-state index contributed by atoms with van der Waals surface area (Å²) < 4.78 is 10.7. The van der Waals surface area contributed by atoms with Gasteiger partial charge in [-0.1, -0.05) is 23.2 Å². The van der Waals surface area contributed by atoms with Gasteiger partial charge in [-0.15, -0.1) is 0 Å². The Balaban J connectivity index is 1.89. The molecule has 6 heteroatoms. The summed E-state index contributed by atoms with van der Waals surface area (Å²) in [5, 5.41) is 0.811. The molecule has 0 aromatic heterocycles. The predicted octanol–water partition coefficient (Wildman–Crippen LogP) is 1.45. The Bertz CT molecular complexity index is 475. The van der Waals surface area contributed by atoms with E-state index in [0.717, 1.165) is 32.8 Å². The quantitative estimate of drug-likeness (QED) is 0.854. The normalized spacial score (nSPS) is 17.8. The first kappa shape index (κ1) is 15.6. The highest BCUT2D eigenvalue weighted by atomic mass is 35.5. The number of hydrogen-bond donors (Lipinski definition) is 1. The Morgan fingerprint density at radius 3 is 2.75 bits per heavy atom. The molecule has 1 unspecified atom stereocenters. The van der Waals surface area contributed by atoms with Crippen LogP contribution < -0.4 is 4.90 Å². The average molecular weight is 319 g/mol. The lowest BCUT2D eigenvalue weighted by molar-refractivity contribution is -0.910. The maximum Gasteiger partial charge on any atom is 0.340 e. The number of morpholine rings is 1. The molecule has 0 amide bonds. The third-order valence-electron chi connectivity index (χ3n) is 3.24. The summed E-state index contributed by atoms with van der Waals surface area (Å²) in [6.07, 6.45) is -0.164. The molecule has 0 radical (unpaired) electrons. The highest BCUT2D eigenvalue weighted by molar-refractivity contribution is 6.36. The zero-order chi connectivity index (χ0) is 14.5. The van der Waals surface area contributed by atoms with Gasteiger partial charge in [-0.25, -0.2) is 4.79 Å². The molecule has 0 spiro atoms. The van der Waals surface area contributed by atoms with E-state index < -0.39 is 5.97 Å². The van der Waals surface area contributed by atoms with Crippen LogP contribution in [0.1, 0.15) is 17.3 Å². The van der Waals surface area contributed by atoms with E-state index in [1.807, 2.05) is 6.92 Å². The molecule has 1 heterocycles. The summed E-state index contributed by atoms with van der Waals surface area (Å²) in [7, 11) is 0. The minimum absolute atomic E-state index is 0.164. The van der Waals surface area contributed by atoms with Crippen molar-refractivity contribution < 1.29 is 19.2 Å². The fourth-order valence-electron chi connectivity index (χ4n) is 2.21. The highest BCUT2D eigenvalue weighted by Gasteiger charge is 2.21. The lowest BCUT2D eigenvalue weighted by Crippen LogP contribution is -3.15. The number of nitrogens with one attached hydrogen (secondary N) is 1. The summed E-state index contributed by atoms with van der Waals surface area (Å²) >= 11 is 11.8. The van der Waals surface area contributed by atoms with E-state index in [9.17, 15) is 4.79 Å². The van der Waals surface area contributed by atoms with Crippen LogP contribution in [0.2, 0.25) is 10.0 Å². The van der Waals surface area contributed by atoms with Gasteiger partial charge in [0.25, 0.3) is 0 Å². The molecule has 1 saturated heterocycles. The van der Waals surface area contributed by atoms with Crippen molar-refractivity contribution >= 4 is 29.2 Å². The Kier molecular flexibility index (Phi) is 5.66. The maximum atomic E-state index is 12.0. The van der Waals surface area contributed by atoms with Crippen LogP contribution in [0.5, 0.6) is 0 Å². The summed E-state index contributed by atoms with van der Waals surface area (Å²) in [4.78, 5) is 13.4. The molecule has 0 bridgehead atoms. The zero-order valence-corrected chi connectivity index (χ0v) is 12.8. The van der Waals surface area contributed by atoms with Gasteiger partial charge in [0.05, 0.1) is 23.8 Å². The number of halogens is 2. The summed E-state index contributed by atoms with van der Waals surface area (Å²) in [6, 6.07) is 4.75. The van der Waals surface area contributed by atoms with E-state index in [4.69, 9.17) is 32.7 Å². The number of carbonyl (C=O) groups excluding carboxylic acids is 1. The summed E-state index contributed by atoms with van der Waals surface area (Å²) in [5.41, 5.74) is 0.347. The van der Waals surface area contributed by atoms with Crippen molar-refractivity contribution in [3.63, 3.8) is 0 Å². The van der Waals surface area contributed by atoms with Gasteiger partial charge in [-0.3, -0.25) is 0 Å². The van der Waals surface area contributed by atoms with Crippen LogP contribution in [0.3, 0.4) is 0 Å². The highest BCUT2D eigenvalue weighted by Crippen LogP contribution is 2.21. The molecule has 1 aliphatic rings. The first-order chi connectivity index (χ1) is 9.56. The van der Waals surface area contributed by atoms with Crippen LogP contribution in [-0.2, 0) is 9.47 Å². The molecule has 0 saturated carbocycles. The van der Waals surface area contributed by atoms with Crippen molar-refractivity contribution in [2.45, 2.75) is 13.0 Å². The fraction of sp³-hybridized carbons (Fsp3) is 0.500. The molecule has 1 aromatic carbocycles. The Morgan fingerprint density at radius 2 is 2.10 bits per heavy atom. The van der Waals surface area contributed by atoms with Crippen molar-refractivity contribution in [2.24, 2.45) is 0 Å². The number of benzene rings is 1. The lowest BCUT2D eigenvalue weighted by atomic mass is 10.2. The Hall–Kier alpha value is -0.810. The van der Waals surface area contributed by atoms with Crippen LogP contribution >= 0.6 is 23.2 Å². The number of hydrogen-bond acceptors (Lipinski definition) is 3. The first-order valence-corrected chi connectivity index (χ1v) is 7.39. The molecular weight excluding hydrogens is 301 g/mol. The van der Waals surface area contributed by atoms with Gasteiger partial charge in [0.2, 0.25) is 0 Å². The third kappa shape index (κ3) is 4.35. The van der Waals surface area contributed by atoms with Crippen LogP contribution in [0, 0.1) is 0 Å². The smallest absolute Gasteiger partial charge is 0.340 e. The van der Waals surface area contributed by atoms with Gasteiger partial charge < -0.3 is 14.4 Å². The van der Waals surface area contributed by atoms with E-state index >= 15 is 0 Å². The lowest BCUT2D eigenvalue weighted by Gasteiger charge is -2.26. The number of quaternary nitrogens is 1. The predicted molar refractivity (Wildman–Crippen MR) is 77.7 cm³/mol. The van der Waals surface area contributed by atoms with E-state index in [1.165, 1.54) is 11.0 Å². The summed E-state index contributed by atoms with van der Waals surface area (Å²) in [5.74, 6) is -0.410. The van der Waals surface area contributed by atoms with Crippen molar-refractivity contribution in [1.82, 2.24) is 0 Å². The number of rotatable bonds is 4. The fourth-order valence-corrected chi connectivity index (χ4v) is 2.70. The Morgan fingerprint density at radius 1 is 1.40 bits per heavy atom. The second-order valence-corrected chi connectivity index (χ2v) is 5.75. The molecule has 1 aromatic rings. The molecule has 110 valence electrons. The Labute approximate surface area is 128 Å². The number of carbonyl (C=O) groups is 1. The van der Waals surface area contributed by atoms with Crippen molar-refractivity contribution in [3.05, 3.63) is 33.8 Å². The second-order valence-electron chi connectivity index (χ2n) is 4.91. The topological polar surface area (TPSA) is 40.0 Å². The monoisotopic (exact) mass is 318 g/mol. The standard InChI is InChI=1S/C14H17Cl2NO3/c1-10(9-17-4-6-19-7-5-17)20-14(18)12-3-2-11(15)8-13(12)16/h2-3,8,10H,4-7,9H2,1H3/p+1. The number of esters is 1. The molecule has 1 N–H and O–H groups in total. The van der Waals surface area contributed by atoms with E-state index in [1.54, 1.807) is 12.1 Å². The maximum absolute atomic E-state index is 12.0. The van der Waals surface area contributed by atoms with Gasteiger partial charge in [-0.05, 0) is 25.1 Å². The van der Waals surface area contributed by atoms with Crippen LogP contribution in [0.25, 0.3) is 0 Å². The second kappa shape index (κ2) is 7.27. The van der Waals surface area contributed by atoms with Crippen molar-refractivity contribution in [1.29, 1.82) is 0 Å². The molecule has 1 aliphatic heterocycles. The largest absolute Gasteiger partial charge is 0.453 e. The van der Waals surface area contributed by atoms with Gasteiger partial charge in [-0.2, -0.15) is 0 Å². The molecule has 0 aliphatic carbocycles. The minimum Gasteiger partial charge on any atom is -0.453 e. The first-order valence-electron chi connectivity index (χ1n) is 6.63.